The lowest BCUT2D eigenvalue weighted by molar-refractivity contribution is -0.120. The molecule has 1 fully saturated rings. The van der Waals surface area contributed by atoms with Crippen molar-refractivity contribution in [2.24, 2.45) is 0 Å². The predicted molar refractivity (Wildman–Crippen MR) is 115 cm³/mol. The van der Waals surface area contributed by atoms with Gasteiger partial charge in [-0.05, 0) is 6.42 Å². The highest BCUT2D eigenvalue weighted by atomic mass is 16.4. The van der Waals surface area contributed by atoms with Gasteiger partial charge in [-0.25, -0.2) is 0 Å². The number of rotatable bonds is 17. The summed E-state index contributed by atoms with van der Waals surface area (Å²) in [6.45, 7) is 2.03. The minimum absolute atomic E-state index is 0.236. The van der Waals surface area contributed by atoms with Gasteiger partial charge in [-0.3, -0.25) is 0 Å². The lowest BCUT2D eigenvalue weighted by atomic mass is 9.88. The van der Waals surface area contributed by atoms with Gasteiger partial charge >= 0.3 is 0 Å². The molecule has 28 heavy (non-hydrogen) atoms. The Kier molecular flexibility index (Phi) is 15.3. The van der Waals surface area contributed by atoms with E-state index < -0.39 is 24.4 Å². The third-order valence-electron chi connectivity index (χ3n) is 6.27. The molecule has 1 heterocycles. The summed E-state index contributed by atoms with van der Waals surface area (Å²) in [5.74, 6) is 0. The fraction of sp³-hybridized carbons (Fsp3) is 1.00. The number of aliphatic hydroxyl groups is 4. The van der Waals surface area contributed by atoms with Gasteiger partial charge in [0, 0.05) is 6.04 Å². The van der Waals surface area contributed by atoms with E-state index in [2.05, 4.69) is 12.2 Å². The molecule has 1 saturated heterocycles. The van der Waals surface area contributed by atoms with Gasteiger partial charge in [0.2, 0.25) is 0 Å². The molecule has 5 nitrogen and oxygen atoms in total. The van der Waals surface area contributed by atoms with Crippen LogP contribution in [0.25, 0.3) is 0 Å². The molecule has 0 aromatic carbocycles. The molecule has 0 aromatic rings. The van der Waals surface area contributed by atoms with Gasteiger partial charge in [-0.15, -0.1) is 0 Å². The van der Waals surface area contributed by atoms with Crippen LogP contribution in [0.1, 0.15) is 110 Å². The Bertz CT molecular complexity index is 353. The SMILES string of the molecule is CCCCCCCCCCCCCCCCCC1N[C@@H](CO)[C@H](O)[C@H](O)[C@@H]1O. The number of hydrogen-bond acceptors (Lipinski definition) is 5. The van der Waals surface area contributed by atoms with Gasteiger partial charge in [-0.2, -0.15) is 0 Å². The molecular weight excluding hydrogens is 354 g/mol. The Hall–Kier alpha value is -0.200. The van der Waals surface area contributed by atoms with E-state index in [1.54, 1.807) is 0 Å². The van der Waals surface area contributed by atoms with Crippen LogP contribution >= 0.6 is 0 Å². The number of piperidine rings is 1. The summed E-state index contributed by atoms with van der Waals surface area (Å²) in [6, 6.07) is -0.808. The smallest absolute Gasteiger partial charge is 0.109 e. The van der Waals surface area contributed by atoms with Gasteiger partial charge in [0.25, 0.3) is 0 Å². The molecule has 0 amide bonds. The average molecular weight is 402 g/mol. The molecule has 0 aromatic heterocycles. The van der Waals surface area contributed by atoms with Crippen LogP contribution in [0.5, 0.6) is 0 Å². The van der Waals surface area contributed by atoms with E-state index in [0.717, 1.165) is 19.3 Å². The summed E-state index contributed by atoms with van der Waals surface area (Å²) in [5.41, 5.74) is 0. The normalized spacial score (nSPS) is 28.0. The summed E-state index contributed by atoms with van der Waals surface area (Å²) in [7, 11) is 0. The fourth-order valence-electron chi connectivity index (χ4n) is 4.30. The summed E-state index contributed by atoms with van der Waals surface area (Å²) >= 11 is 0. The van der Waals surface area contributed by atoms with Gasteiger partial charge < -0.3 is 25.7 Å². The standard InChI is InChI=1S/C23H47NO4/c1-2-3-4-5-6-7-8-9-10-11-12-13-14-15-16-17-19-21(26)23(28)22(27)20(18-25)24-19/h19-28H,2-18H2,1H3/t19?,20-,21+,22-,23+/m0/s1. The average Bonchev–Trinajstić information content (AvgIpc) is 2.70. The zero-order chi connectivity index (χ0) is 20.6. The minimum Gasteiger partial charge on any atom is -0.395 e. The Labute approximate surface area is 172 Å². The van der Waals surface area contributed by atoms with Crippen molar-refractivity contribution in [2.45, 2.75) is 140 Å². The molecule has 0 saturated carbocycles. The van der Waals surface area contributed by atoms with Crippen molar-refractivity contribution < 1.29 is 20.4 Å². The van der Waals surface area contributed by atoms with Crippen LogP contribution in [-0.2, 0) is 0 Å². The molecule has 0 spiro atoms. The molecule has 5 N–H and O–H groups in total. The molecule has 1 rings (SSSR count). The third kappa shape index (κ3) is 10.5. The molecule has 5 heteroatoms. The lowest BCUT2D eigenvalue weighted by Gasteiger charge is -2.41. The fourth-order valence-corrected chi connectivity index (χ4v) is 4.30. The molecule has 5 atom stereocenters. The number of unbranched alkanes of at least 4 members (excludes halogenated alkanes) is 14. The number of nitrogens with one attached hydrogen (secondary N) is 1. The van der Waals surface area contributed by atoms with Gasteiger partial charge in [-0.1, -0.05) is 103 Å². The summed E-state index contributed by atoms with van der Waals surface area (Å²) in [4.78, 5) is 0. The second-order valence-corrected chi connectivity index (χ2v) is 8.77. The van der Waals surface area contributed by atoms with Crippen molar-refractivity contribution >= 4 is 0 Å². The van der Waals surface area contributed by atoms with E-state index in [9.17, 15) is 20.4 Å². The molecule has 168 valence electrons. The van der Waals surface area contributed by atoms with E-state index in [1.165, 1.54) is 83.5 Å². The molecule has 1 aliphatic rings. The van der Waals surface area contributed by atoms with Crippen molar-refractivity contribution in [3.63, 3.8) is 0 Å². The van der Waals surface area contributed by atoms with E-state index in [-0.39, 0.29) is 12.6 Å². The highest BCUT2D eigenvalue weighted by Crippen LogP contribution is 2.20. The first-order valence-electron chi connectivity index (χ1n) is 12.0. The van der Waals surface area contributed by atoms with Gasteiger partial charge in [0.15, 0.2) is 0 Å². The van der Waals surface area contributed by atoms with Crippen LogP contribution in [0.2, 0.25) is 0 Å². The molecular formula is C23H47NO4. The van der Waals surface area contributed by atoms with Crippen LogP contribution < -0.4 is 5.32 Å². The largest absolute Gasteiger partial charge is 0.395 e. The minimum atomic E-state index is -1.18. The Balaban J connectivity index is 1.90. The van der Waals surface area contributed by atoms with Crippen molar-refractivity contribution in [3.8, 4) is 0 Å². The maximum absolute atomic E-state index is 10.1. The maximum Gasteiger partial charge on any atom is 0.109 e. The number of hydrogen-bond donors (Lipinski definition) is 5. The Morgan fingerprint density at radius 1 is 0.536 bits per heavy atom. The third-order valence-corrected chi connectivity index (χ3v) is 6.27. The molecule has 0 aliphatic carbocycles. The Morgan fingerprint density at radius 3 is 1.36 bits per heavy atom. The van der Waals surface area contributed by atoms with Crippen LogP contribution in [0.4, 0.5) is 0 Å². The predicted octanol–water partition coefficient (Wildman–Crippen LogP) is 3.66. The van der Waals surface area contributed by atoms with Gasteiger partial charge in [0.05, 0.1) is 24.9 Å². The zero-order valence-corrected chi connectivity index (χ0v) is 18.2. The quantitative estimate of drug-likeness (QED) is 0.240. The topological polar surface area (TPSA) is 93.0 Å². The molecule has 1 aliphatic heterocycles. The summed E-state index contributed by atoms with van der Waals surface area (Å²) in [5, 5.41) is 42.1. The van der Waals surface area contributed by atoms with E-state index >= 15 is 0 Å². The van der Waals surface area contributed by atoms with Crippen LogP contribution in [0.3, 0.4) is 0 Å². The first kappa shape index (κ1) is 25.8. The summed E-state index contributed by atoms with van der Waals surface area (Å²) < 4.78 is 0. The van der Waals surface area contributed by atoms with Crippen molar-refractivity contribution in [1.29, 1.82) is 0 Å². The highest BCUT2D eigenvalue weighted by molar-refractivity contribution is 4.97. The van der Waals surface area contributed by atoms with Crippen molar-refractivity contribution in [3.05, 3.63) is 0 Å². The van der Waals surface area contributed by atoms with Crippen LogP contribution in [0.15, 0.2) is 0 Å². The lowest BCUT2D eigenvalue weighted by Crippen LogP contribution is -2.65. The zero-order valence-electron chi connectivity index (χ0n) is 18.2. The van der Waals surface area contributed by atoms with Crippen LogP contribution in [0, 0.1) is 0 Å². The second kappa shape index (κ2) is 16.6. The van der Waals surface area contributed by atoms with E-state index in [4.69, 9.17) is 0 Å². The first-order chi connectivity index (χ1) is 13.6. The van der Waals surface area contributed by atoms with Gasteiger partial charge in [0.1, 0.15) is 6.10 Å². The van der Waals surface area contributed by atoms with E-state index in [1.807, 2.05) is 0 Å². The maximum atomic E-state index is 10.1. The van der Waals surface area contributed by atoms with Crippen molar-refractivity contribution in [1.82, 2.24) is 5.32 Å². The second-order valence-electron chi connectivity index (χ2n) is 8.77. The number of aliphatic hydroxyl groups excluding tert-OH is 4. The monoisotopic (exact) mass is 401 g/mol. The summed E-state index contributed by atoms with van der Waals surface area (Å²) in [6.07, 6.45) is 17.3. The highest BCUT2D eigenvalue weighted by Gasteiger charge is 2.41. The van der Waals surface area contributed by atoms with E-state index in [0.29, 0.717) is 0 Å². The van der Waals surface area contributed by atoms with Crippen LogP contribution in [-0.4, -0.2) is 57.4 Å². The van der Waals surface area contributed by atoms with Crippen molar-refractivity contribution in [2.75, 3.05) is 6.61 Å². The molecule has 0 radical (unpaired) electrons. The molecule has 0 bridgehead atoms. The Morgan fingerprint density at radius 2 is 0.929 bits per heavy atom. The first-order valence-corrected chi connectivity index (χ1v) is 12.0. The molecule has 1 unspecified atom stereocenters.